The largest absolute Gasteiger partial charge is 0.444 e. The van der Waals surface area contributed by atoms with Gasteiger partial charge in [0.2, 0.25) is 0 Å². The van der Waals surface area contributed by atoms with Gasteiger partial charge in [-0.05, 0) is 33.6 Å². The number of hydrogen-bond acceptors (Lipinski definition) is 4. The van der Waals surface area contributed by atoms with E-state index in [1.165, 1.54) is 0 Å². The molecular formula is C12H21NO4. The lowest BCUT2D eigenvalue weighted by atomic mass is 10.0. The van der Waals surface area contributed by atoms with Crippen LogP contribution in [0, 0.1) is 0 Å². The zero-order valence-electron chi connectivity index (χ0n) is 10.7. The van der Waals surface area contributed by atoms with Crippen LogP contribution in [0.5, 0.6) is 0 Å². The molecule has 98 valence electrons. The monoisotopic (exact) mass is 243 g/mol. The Kier molecular flexibility index (Phi) is 3.32. The minimum Gasteiger partial charge on any atom is -0.444 e. The maximum Gasteiger partial charge on any atom is 0.410 e. The summed E-state index contributed by atoms with van der Waals surface area (Å²) in [6.45, 7) is 6.50. The highest BCUT2D eigenvalue weighted by molar-refractivity contribution is 5.69. The normalized spacial score (nSPS) is 33.4. The van der Waals surface area contributed by atoms with E-state index >= 15 is 0 Å². The van der Waals surface area contributed by atoms with E-state index in [0.717, 1.165) is 12.8 Å². The molecule has 2 heterocycles. The molecular weight excluding hydrogens is 222 g/mol. The highest BCUT2D eigenvalue weighted by Crippen LogP contribution is 2.30. The zero-order valence-corrected chi connectivity index (χ0v) is 10.7. The minimum atomic E-state index is -0.590. The third-order valence-corrected chi connectivity index (χ3v) is 3.13. The number of β-amino-alcohol motifs (C(OH)–C–C–N with tert-alkyl or cyclic N) is 1. The molecule has 0 aromatic carbocycles. The van der Waals surface area contributed by atoms with Crippen LogP contribution in [0.1, 0.15) is 33.6 Å². The first kappa shape index (κ1) is 12.6. The lowest BCUT2D eigenvalue weighted by Crippen LogP contribution is -2.45. The van der Waals surface area contributed by atoms with Gasteiger partial charge in [-0.2, -0.15) is 0 Å². The number of aliphatic hydroxyl groups excluding tert-OH is 1. The van der Waals surface area contributed by atoms with E-state index in [-0.39, 0.29) is 18.2 Å². The number of carbonyl (C=O) groups is 1. The van der Waals surface area contributed by atoms with Crippen molar-refractivity contribution in [1.82, 2.24) is 4.90 Å². The Bertz CT molecular complexity index is 299. The highest BCUT2D eigenvalue weighted by Gasteiger charge is 2.46. The fourth-order valence-electron chi connectivity index (χ4n) is 2.46. The van der Waals surface area contributed by atoms with Gasteiger partial charge in [0, 0.05) is 6.61 Å². The van der Waals surface area contributed by atoms with Crippen LogP contribution in [0.2, 0.25) is 0 Å². The van der Waals surface area contributed by atoms with E-state index in [9.17, 15) is 9.90 Å². The standard InChI is InChI=1S/C12H21NO4/c1-12(2,3)17-11(15)13-7-9(14)10-8(13)5-4-6-16-10/h8-10,14H,4-7H2,1-3H3/t8-,9+,10+/m0/s1. The Labute approximate surface area is 102 Å². The maximum absolute atomic E-state index is 12.0. The highest BCUT2D eigenvalue weighted by atomic mass is 16.6. The lowest BCUT2D eigenvalue weighted by molar-refractivity contribution is -0.0548. The summed E-state index contributed by atoms with van der Waals surface area (Å²) in [5, 5.41) is 9.87. The average Bonchev–Trinajstić information content (AvgIpc) is 2.55. The number of amides is 1. The molecule has 17 heavy (non-hydrogen) atoms. The van der Waals surface area contributed by atoms with Gasteiger partial charge in [-0.15, -0.1) is 0 Å². The molecule has 2 rings (SSSR count). The van der Waals surface area contributed by atoms with Gasteiger partial charge in [0.25, 0.3) is 0 Å². The van der Waals surface area contributed by atoms with Crippen molar-refractivity contribution in [3.8, 4) is 0 Å². The summed E-state index contributed by atoms with van der Waals surface area (Å²) < 4.78 is 10.9. The first-order chi connectivity index (χ1) is 7.88. The number of aliphatic hydroxyl groups is 1. The Balaban J connectivity index is 2.04. The Morgan fingerprint density at radius 1 is 1.47 bits per heavy atom. The van der Waals surface area contributed by atoms with Crippen LogP contribution in [0.15, 0.2) is 0 Å². The molecule has 3 atom stereocenters. The average molecular weight is 243 g/mol. The maximum atomic E-state index is 12.0. The third kappa shape index (κ3) is 2.72. The number of likely N-dealkylation sites (tertiary alicyclic amines) is 1. The van der Waals surface area contributed by atoms with E-state index < -0.39 is 11.7 Å². The van der Waals surface area contributed by atoms with Crippen molar-refractivity contribution >= 4 is 6.09 Å². The van der Waals surface area contributed by atoms with E-state index in [1.54, 1.807) is 4.90 Å². The summed E-state index contributed by atoms with van der Waals surface area (Å²) in [6, 6.07) is -0.0337. The molecule has 5 nitrogen and oxygen atoms in total. The third-order valence-electron chi connectivity index (χ3n) is 3.13. The number of hydrogen-bond donors (Lipinski definition) is 1. The van der Waals surface area contributed by atoms with Crippen molar-refractivity contribution in [1.29, 1.82) is 0 Å². The molecule has 2 fully saturated rings. The quantitative estimate of drug-likeness (QED) is 0.693. The van der Waals surface area contributed by atoms with Crippen LogP contribution in [-0.2, 0) is 9.47 Å². The molecule has 0 spiro atoms. The second-order valence-electron chi connectivity index (χ2n) is 5.75. The van der Waals surface area contributed by atoms with Gasteiger partial charge in [-0.1, -0.05) is 0 Å². The van der Waals surface area contributed by atoms with Gasteiger partial charge in [0.15, 0.2) is 0 Å². The molecule has 2 aliphatic heterocycles. The van der Waals surface area contributed by atoms with Crippen molar-refractivity contribution in [3.05, 3.63) is 0 Å². The number of nitrogens with zero attached hydrogens (tertiary/aromatic N) is 1. The predicted molar refractivity (Wildman–Crippen MR) is 61.7 cm³/mol. The summed E-state index contributed by atoms with van der Waals surface area (Å²) in [7, 11) is 0. The molecule has 0 aliphatic carbocycles. The molecule has 0 bridgehead atoms. The Morgan fingerprint density at radius 2 is 2.18 bits per heavy atom. The number of fused-ring (bicyclic) bond motifs is 1. The smallest absolute Gasteiger partial charge is 0.410 e. The summed E-state index contributed by atoms with van der Waals surface area (Å²) in [5.74, 6) is 0. The van der Waals surface area contributed by atoms with Gasteiger partial charge in [-0.3, -0.25) is 4.90 Å². The van der Waals surface area contributed by atoms with Crippen LogP contribution in [0.3, 0.4) is 0 Å². The van der Waals surface area contributed by atoms with Crippen LogP contribution < -0.4 is 0 Å². The van der Waals surface area contributed by atoms with Gasteiger partial charge >= 0.3 is 6.09 Å². The molecule has 1 amide bonds. The van der Waals surface area contributed by atoms with Crippen LogP contribution in [0.4, 0.5) is 4.79 Å². The first-order valence-corrected chi connectivity index (χ1v) is 6.18. The predicted octanol–water partition coefficient (Wildman–Crippen LogP) is 1.15. The van der Waals surface area contributed by atoms with Crippen molar-refractivity contribution < 1.29 is 19.4 Å². The van der Waals surface area contributed by atoms with Crippen molar-refractivity contribution in [2.45, 2.75) is 57.5 Å². The molecule has 0 aromatic rings. The van der Waals surface area contributed by atoms with Gasteiger partial charge in [-0.25, -0.2) is 4.79 Å². The molecule has 0 saturated carbocycles. The van der Waals surface area contributed by atoms with Crippen molar-refractivity contribution in [3.63, 3.8) is 0 Å². The minimum absolute atomic E-state index is 0.0337. The van der Waals surface area contributed by atoms with E-state index in [0.29, 0.717) is 13.2 Å². The lowest BCUT2D eigenvalue weighted by Gasteiger charge is -2.32. The number of ether oxygens (including phenoxy) is 2. The van der Waals surface area contributed by atoms with Gasteiger partial charge < -0.3 is 14.6 Å². The number of carbonyl (C=O) groups excluding carboxylic acids is 1. The van der Waals surface area contributed by atoms with Crippen LogP contribution in [-0.4, -0.2) is 53.1 Å². The summed E-state index contributed by atoms with van der Waals surface area (Å²) in [6.07, 6.45) is 0.618. The van der Waals surface area contributed by atoms with Crippen LogP contribution in [0.25, 0.3) is 0 Å². The summed E-state index contributed by atoms with van der Waals surface area (Å²) in [5.41, 5.74) is -0.504. The van der Waals surface area contributed by atoms with Gasteiger partial charge in [0.1, 0.15) is 11.7 Å². The molecule has 0 unspecified atom stereocenters. The Hall–Kier alpha value is -0.810. The molecule has 2 aliphatic rings. The summed E-state index contributed by atoms with van der Waals surface area (Å²) >= 11 is 0. The van der Waals surface area contributed by atoms with Crippen molar-refractivity contribution in [2.24, 2.45) is 0 Å². The first-order valence-electron chi connectivity index (χ1n) is 6.18. The molecule has 0 aromatic heterocycles. The van der Waals surface area contributed by atoms with E-state index in [1.807, 2.05) is 20.8 Å². The van der Waals surface area contributed by atoms with Gasteiger partial charge in [0.05, 0.1) is 18.7 Å². The number of rotatable bonds is 0. The van der Waals surface area contributed by atoms with E-state index in [4.69, 9.17) is 9.47 Å². The second kappa shape index (κ2) is 4.46. The molecule has 0 radical (unpaired) electrons. The van der Waals surface area contributed by atoms with Crippen LogP contribution >= 0.6 is 0 Å². The zero-order chi connectivity index (χ0) is 12.6. The molecule has 5 heteroatoms. The SMILES string of the molecule is CC(C)(C)OC(=O)N1C[C@@H](O)[C@@H]2OCCC[C@@H]21. The Morgan fingerprint density at radius 3 is 2.82 bits per heavy atom. The summed E-state index contributed by atoms with van der Waals surface area (Å²) in [4.78, 5) is 13.6. The molecule has 1 N–H and O–H groups in total. The van der Waals surface area contributed by atoms with E-state index in [2.05, 4.69) is 0 Å². The molecule has 2 saturated heterocycles. The fourth-order valence-corrected chi connectivity index (χ4v) is 2.46. The van der Waals surface area contributed by atoms with Crippen molar-refractivity contribution in [2.75, 3.05) is 13.2 Å². The fraction of sp³-hybridized carbons (Fsp3) is 0.917. The second-order valence-corrected chi connectivity index (χ2v) is 5.75. The topological polar surface area (TPSA) is 59.0 Å².